The first kappa shape index (κ1) is 26.2. The summed E-state index contributed by atoms with van der Waals surface area (Å²) in [5, 5.41) is 3.30. The Morgan fingerprint density at radius 1 is 0.588 bits per heavy atom. The number of nitrogens with one attached hydrogen (secondary N) is 1. The molecule has 0 aromatic heterocycles. The molecule has 0 bridgehead atoms. The highest BCUT2D eigenvalue weighted by molar-refractivity contribution is 5.85. The van der Waals surface area contributed by atoms with Crippen LogP contribution in [0.2, 0.25) is 0 Å². The van der Waals surface area contributed by atoms with Crippen LogP contribution in [0.25, 0.3) is 11.1 Å². The fourth-order valence-electron chi connectivity index (χ4n) is 3.33. The van der Waals surface area contributed by atoms with Crippen LogP contribution < -0.4 is 39.7 Å². The minimum Gasteiger partial charge on any atom is -0.399 e. The Labute approximate surface area is 206 Å². The highest BCUT2D eigenvalue weighted by Crippen LogP contribution is 2.29. The molecule has 0 amide bonds. The van der Waals surface area contributed by atoms with Crippen LogP contribution in [0.4, 0.5) is 34.1 Å². The summed E-state index contributed by atoms with van der Waals surface area (Å²) in [6.07, 6.45) is 0. The third-order valence-corrected chi connectivity index (χ3v) is 5.11. The van der Waals surface area contributed by atoms with E-state index >= 15 is 0 Å². The van der Waals surface area contributed by atoms with Crippen molar-refractivity contribution in [1.82, 2.24) is 0 Å². The molecular weight excluding hydrogens is 446 g/mol. The fraction of sp³-hybridized carbons (Fsp3) is 0.0769. The summed E-state index contributed by atoms with van der Waals surface area (Å²) in [5.74, 6) is 0. The predicted octanol–water partition coefficient (Wildman–Crippen LogP) is 4.44. The smallest absolute Gasteiger partial charge is 0.0400 e. The number of nitrogens with two attached hydrogens (primary N) is 6. The molecule has 8 heteroatoms. The Morgan fingerprint density at radius 3 is 1.74 bits per heavy atom. The highest BCUT2D eigenvalue weighted by atomic mass is 35.5. The third kappa shape index (κ3) is 7.23. The fourth-order valence-corrected chi connectivity index (χ4v) is 3.33. The van der Waals surface area contributed by atoms with Crippen molar-refractivity contribution in [3.63, 3.8) is 0 Å². The van der Waals surface area contributed by atoms with Gasteiger partial charge in [0.1, 0.15) is 0 Å². The second-order valence-corrected chi connectivity index (χ2v) is 7.68. The van der Waals surface area contributed by atoms with Crippen LogP contribution in [0.5, 0.6) is 0 Å². The molecule has 0 aliphatic rings. The predicted molar refractivity (Wildman–Crippen MR) is 149 cm³/mol. The van der Waals surface area contributed by atoms with Crippen LogP contribution in [0.15, 0.2) is 84.9 Å². The Balaban J connectivity index is 0.000000234. The molecule has 4 aromatic carbocycles. The largest absolute Gasteiger partial charge is 0.399 e. The second-order valence-electron chi connectivity index (χ2n) is 7.68. The Hall–Kier alpha value is -4.07. The number of rotatable bonds is 5. The lowest BCUT2D eigenvalue weighted by molar-refractivity contribution is 1.08. The maximum atomic E-state index is 5.92. The molecule has 0 heterocycles. The lowest BCUT2D eigenvalue weighted by Gasteiger charge is -2.11. The molecule has 0 unspecified atom stereocenters. The third-order valence-electron chi connectivity index (χ3n) is 5.11. The Morgan fingerprint density at radius 2 is 1.18 bits per heavy atom. The van der Waals surface area contributed by atoms with Gasteiger partial charge in [0.15, 0.2) is 0 Å². The Bertz CT molecular complexity index is 1190. The summed E-state index contributed by atoms with van der Waals surface area (Å²) < 4.78 is 0. The molecule has 13 N–H and O–H groups in total. The van der Waals surface area contributed by atoms with E-state index in [4.69, 9.17) is 34.4 Å². The molecule has 0 aliphatic carbocycles. The van der Waals surface area contributed by atoms with E-state index in [-0.39, 0.29) is 12.4 Å². The SMILES string of the molecule is Cl.NCc1c(N)cc(-c2cccc(N)c2)cc1N.Nc1ccc(CNc2cccc(N)c2)cc1. The molecular formula is C26H32ClN7. The molecule has 34 heavy (non-hydrogen) atoms. The zero-order chi connectivity index (χ0) is 23.8. The van der Waals surface area contributed by atoms with Crippen LogP contribution >= 0.6 is 12.4 Å². The normalized spacial score (nSPS) is 9.91. The van der Waals surface area contributed by atoms with Crippen molar-refractivity contribution in [3.05, 3.63) is 96.1 Å². The van der Waals surface area contributed by atoms with Crippen molar-refractivity contribution in [2.45, 2.75) is 13.1 Å². The summed E-state index contributed by atoms with van der Waals surface area (Å²) in [6, 6.07) is 26.8. The van der Waals surface area contributed by atoms with Crippen molar-refractivity contribution in [3.8, 4) is 11.1 Å². The first-order chi connectivity index (χ1) is 15.9. The lowest BCUT2D eigenvalue weighted by atomic mass is 10.0. The summed E-state index contributed by atoms with van der Waals surface area (Å²) in [5.41, 5.74) is 42.9. The van der Waals surface area contributed by atoms with Crippen LogP contribution in [-0.4, -0.2) is 0 Å². The number of hydrogen-bond donors (Lipinski definition) is 7. The van der Waals surface area contributed by atoms with E-state index in [2.05, 4.69) is 5.32 Å². The molecule has 0 saturated heterocycles. The van der Waals surface area contributed by atoms with Gasteiger partial charge in [0.25, 0.3) is 0 Å². The summed E-state index contributed by atoms with van der Waals surface area (Å²) in [6.45, 7) is 1.11. The van der Waals surface area contributed by atoms with E-state index in [1.54, 1.807) is 0 Å². The number of hydrogen-bond acceptors (Lipinski definition) is 7. The first-order valence-corrected chi connectivity index (χ1v) is 10.5. The van der Waals surface area contributed by atoms with Crippen molar-refractivity contribution in [2.75, 3.05) is 34.0 Å². The average Bonchev–Trinajstić information content (AvgIpc) is 2.79. The average molecular weight is 478 g/mol. The zero-order valence-electron chi connectivity index (χ0n) is 18.9. The standard InChI is InChI=1S/C13H16N4.C13H15N3.ClH/c14-7-11-12(16)5-9(6-13(11)17)8-2-1-3-10(15)4-8;14-11-6-4-10(5-7-11)9-16-13-3-1-2-12(15)8-13;/h1-6H,7,14-17H2;1-8,16H,9,14-15H2;1H. The van der Waals surface area contributed by atoms with Crippen molar-refractivity contribution in [2.24, 2.45) is 5.73 Å². The van der Waals surface area contributed by atoms with Crippen molar-refractivity contribution >= 4 is 46.5 Å². The van der Waals surface area contributed by atoms with Gasteiger partial charge >= 0.3 is 0 Å². The van der Waals surface area contributed by atoms with E-state index in [0.717, 1.165) is 40.3 Å². The van der Waals surface area contributed by atoms with Gasteiger partial charge in [-0.2, -0.15) is 0 Å². The molecule has 0 radical (unpaired) electrons. The highest BCUT2D eigenvalue weighted by Gasteiger charge is 2.06. The number of nitrogen functional groups attached to an aromatic ring is 5. The van der Waals surface area contributed by atoms with Crippen molar-refractivity contribution < 1.29 is 0 Å². The summed E-state index contributed by atoms with van der Waals surface area (Å²) in [7, 11) is 0. The lowest BCUT2D eigenvalue weighted by Crippen LogP contribution is -2.06. The van der Waals surface area contributed by atoms with Gasteiger partial charge in [-0.05, 0) is 71.3 Å². The van der Waals surface area contributed by atoms with E-state index in [0.29, 0.717) is 23.6 Å². The van der Waals surface area contributed by atoms with Crippen LogP contribution in [0.3, 0.4) is 0 Å². The molecule has 178 valence electrons. The van der Waals surface area contributed by atoms with Gasteiger partial charge in [-0.1, -0.05) is 30.3 Å². The number of benzene rings is 4. The number of halogens is 1. The summed E-state index contributed by atoms with van der Waals surface area (Å²) in [4.78, 5) is 0. The van der Waals surface area contributed by atoms with E-state index < -0.39 is 0 Å². The van der Waals surface area contributed by atoms with Crippen molar-refractivity contribution in [1.29, 1.82) is 0 Å². The van der Waals surface area contributed by atoms with Gasteiger partial charge in [0.2, 0.25) is 0 Å². The molecule has 7 nitrogen and oxygen atoms in total. The minimum absolute atomic E-state index is 0. The van der Waals surface area contributed by atoms with Crippen LogP contribution in [0.1, 0.15) is 11.1 Å². The van der Waals surface area contributed by atoms with Gasteiger partial charge in [0, 0.05) is 52.8 Å². The van der Waals surface area contributed by atoms with Crippen LogP contribution in [-0.2, 0) is 13.1 Å². The van der Waals surface area contributed by atoms with Gasteiger partial charge in [-0.25, -0.2) is 0 Å². The zero-order valence-corrected chi connectivity index (χ0v) is 19.7. The molecule has 4 rings (SSSR count). The Kier molecular flexibility index (Phi) is 9.43. The van der Waals surface area contributed by atoms with Gasteiger partial charge in [0.05, 0.1) is 0 Å². The van der Waals surface area contributed by atoms with Gasteiger partial charge < -0.3 is 39.7 Å². The van der Waals surface area contributed by atoms with E-state index in [1.807, 2.05) is 84.9 Å². The maximum absolute atomic E-state index is 5.92. The van der Waals surface area contributed by atoms with Gasteiger partial charge in [-0.15, -0.1) is 12.4 Å². The quantitative estimate of drug-likeness (QED) is 0.208. The molecule has 0 fully saturated rings. The van der Waals surface area contributed by atoms with Crippen LogP contribution in [0, 0.1) is 0 Å². The molecule has 0 aliphatic heterocycles. The monoisotopic (exact) mass is 477 g/mol. The molecule has 0 spiro atoms. The molecule has 0 saturated carbocycles. The second kappa shape index (κ2) is 12.2. The van der Waals surface area contributed by atoms with E-state index in [1.165, 1.54) is 5.56 Å². The first-order valence-electron chi connectivity index (χ1n) is 10.5. The maximum Gasteiger partial charge on any atom is 0.0400 e. The summed E-state index contributed by atoms with van der Waals surface area (Å²) >= 11 is 0. The molecule has 4 aromatic rings. The van der Waals surface area contributed by atoms with E-state index in [9.17, 15) is 0 Å². The van der Waals surface area contributed by atoms with Gasteiger partial charge in [-0.3, -0.25) is 0 Å². The topological polar surface area (TPSA) is 168 Å². The number of anilines is 6. The molecule has 0 atom stereocenters. The minimum atomic E-state index is 0.